The molecule has 2 heterocycles. The molecule has 8 nitrogen and oxygen atoms in total. The Balaban J connectivity index is 1.57. The molecule has 254 valence electrons. The van der Waals surface area contributed by atoms with Crippen LogP contribution < -0.4 is 0 Å². The van der Waals surface area contributed by atoms with E-state index in [-0.39, 0.29) is 5.69 Å². The zero-order chi connectivity index (χ0) is 35.4. The quantitative estimate of drug-likeness (QED) is 0.131. The number of hydrogen-bond acceptors (Lipinski definition) is 5. The fourth-order valence-corrected chi connectivity index (χ4v) is 7.25. The molecule has 7 rings (SSSR count). The van der Waals surface area contributed by atoms with Gasteiger partial charge in [0.15, 0.2) is 11.5 Å². The second kappa shape index (κ2) is 14.3. The van der Waals surface area contributed by atoms with Crippen molar-refractivity contribution in [3.05, 3.63) is 190 Å². The highest BCUT2D eigenvalue weighted by molar-refractivity contribution is 5.87. The van der Waals surface area contributed by atoms with Crippen LogP contribution in [0.15, 0.2) is 140 Å². The number of hydrogen-bond donors (Lipinski definition) is 1. The summed E-state index contributed by atoms with van der Waals surface area (Å²) in [5.41, 5.74) is 4.29. The maximum absolute atomic E-state index is 15.1. The van der Waals surface area contributed by atoms with Crippen molar-refractivity contribution in [2.75, 3.05) is 0 Å². The maximum atomic E-state index is 15.1. The zero-order valence-electron chi connectivity index (χ0n) is 28.4. The Morgan fingerprint density at radius 2 is 1.37 bits per heavy atom. The van der Waals surface area contributed by atoms with Crippen molar-refractivity contribution in [1.29, 1.82) is 0 Å². The lowest BCUT2D eigenvalue weighted by molar-refractivity contribution is 0.0682. The van der Waals surface area contributed by atoms with E-state index in [4.69, 9.17) is 15.3 Å². The van der Waals surface area contributed by atoms with Crippen LogP contribution in [0.5, 0.6) is 0 Å². The summed E-state index contributed by atoms with van der Waals surface area (Å²) in [4.78, 5) is 17.9. The van der Waals surface area contributed by atoms with Crippen molar-refractivity contribution in [2.24, 2.45) is 0 Å². The van der Waals surface area contributed by atoms with Crippen LogP contribution in [0, 0.1) is 5.82 Å². The molecule has 0 amide bonds. The average Bonchev–Trinajstić information content (AvgIpc) is 3.80. The highest BCUT2D eigenvalue weighted by atomic mass is 19.1. The fourth-order valence-electron chi connectivity index (χ4n) is 7.25. The molecule has 0 saturated carbocycles. The average molecular weight is 677 g/mol. The Morgan fingerprint density at radius 3 is 1.92 bits per heavy atom. The lowest BCUT2D eigenvalue weighted by atomic mass is 9.76. The predicted molar refractivity (Wildman–Crippen MR) is 194 cm³/mol. The Kier molecular flexibility index (Phi) is 9.35. The lowest BCUT2D eigenvalue weighted by Crippen LogP contribution is -2.39. The van der Waals surface area contributed by atoms with Crippen LogP contribution in [-0.2, 0) is 18.4 Å². The molecular formula is C42H37FN6O2. The second-order valence-electron chi connectivity index (χ2n) is 12.4. The van der Waals surface area contributed by atoms with Gasteiger partial charge in [0.1, 0.15) is 17.2 Å². The normalized spacial score (nSPS) is 12.1. The largest absolute Gasteiger partial charge is 0.477 e. The number of aromatic carboxylic acids is 1. The number of carboxylic acid groups (broad SMARTS) is 1. The predicted octanol–water partition coefficient (Wildman–Crippen LogP) is 8.37. The summed E-state index contributed by atoms with van der Waals surface area (Å²) in [5, 5.41) is 24.4. The van der Waals surface area contributed by atoms with E-state index in [1.54, 1.807) is 10.6 Å². The van der Waals surface area contributed by atoms with Crippen LogP contribution in [0.25, 0.3) is 11.4 Å². The van der Waals surface area contributed by atoms with E-state index in [0.29, 0.717) is 46.9 Å². The van der Waals surface area contributed by atoms with E-state index in [1.807, 2.05) is 103 Å². The van der Waals surface area contributed by atoms with Gasteiger partial charge >= 0.3 is 5.97 Å². The van der Waals surface area contributed by atoms with Gasteiger partial charge in [-0.1, -0.05) is 141 Å². The van der Waals surface area contributed by atoms with Gasteiger partial charge in [-0.25, -0.2) is 18.9 Å². The van der Waals surface area contributed by atoms with E-state index in [9.17, 15) is 9.90 Å². The third kappa shape index (κ3) is 5.90. The Labute approximate surface area is 295 Å². The number of nitrogens with zero attached hydrogens (tertiary/aromatic N) is 6. The Morgan fingerprint density at radius 1 is 0.784 bits per heavy atom. The SMILES string of the molecule is CCCc1nc(CC)c(C(=O)O)n1C(c1cccc(F)c1)c1ccccc1-c1nnnn1C(c1ccccc1)(c1ccccc1)c1ccccc1. The van der Waals surface area contributed by atoms with Crippen LogP contribution in [0.3, 0.4) is 0 Å². The number of halogens is 1. The van der Waals surface area contributed by atoms with Crippen molar-refractivity contribution < 1.29 is 14.3 Å². The molecule has 1 unspecified atom stereocenters. The van der Waals surface area contributed by atoms with Crippen molar-refractivity contribution in [3.8, 4) is 11.4 Å². The van der Waals surface area contributed by atoms with E-state index in [1.165, 1.54) is 12.1 Å². The Bertz CT molecular complexity index is 2170. The second-order valence-corrected chi connectivity index (χ2v) is 12.4. The first-order valence-corrected chi connectivity index (χ1v) is 17.1. The molecule has 0 aliphatic rings. The summed E-state index contributed by atoms with van der Waals surface area (Å²) >= 11 is 0. The number of aryl methyl sites for hydroxylation is 2. The molecule has 7 aromatic rings. The summed E-state index contributed by atoms with van der Waals surface area (Å²) in [6, 6.07) is 43.6. The highest BCUT2D eigenvalue weighted by Crippen LogP contribution is 2.44. The van der Waals surface area contributed by atoms with Crippen LogP contribution in [-0.4, -0.2) is 40.8 Å². The maximum Gasteiger partial charge on any atom is 0.354 e. The molecule has 51 heavy (non-hydrogen) atoms. The van der Waals surface area contributed by atoms with Gasteiger partial charge in [0.25, 0.3) is 0 Å². The zero-order valence-corrected chi connectivity index (χ0v) is 28.4. The molecule has 0 bridgehead atoms. The first-order valence-electron chi connectivity index (χ1n) is 17.1. The van der Waals surface area contributed by atoms with Gasteiger partial charge in [0.2, 0.25) is 0 Å². The highest BCUT2D eigenvalue weighted by Gasteiger charge is 2.42. The van der Waals surface area contributed by atoms with Gasteiger partial charge in [0, 0.05) is 12.0 Å². The molecule has 5 aromatic carbocycles. The summed E-state index contributed by atoms with van der Waals surface area (Å²) in [6.45, 7) is 3.92. The van der Waals surface area contributed by atoms with Gasteiger partial charge in [-0.2, -0.15) is 0 Å². The molecular weight excluding hydrogens is 640 g/mol. The number of benzene rings is 5. The van der Waals surface area contributed by atoms with Crippen LogP contribution in [0.2, 0.25) is 0 Å². The topological polar surface area (TPSA) is 98.7 Å². The third-order valence-corrected chi connectivity index (χ3v) is 9.35. The molecule has 1 atom stereocenters. The molecule has 0 fully saturated rings. The summed E-state index contributed by atoms with van der Waals surface area (Å²) in [6.07, 6.45) is 1.70. The van der Waals surface area contributed by atoms with Gasteiger partial charge in [-0.15, -0.1) is 5.10 Å². The molecule has 2 aromatic heterocycles. The summed E-state index contributed by atoms with van der Waals surface area (Å²) in [7, 11) is 0. The lowest BCUT2D eigenvalue weighted by Gasteiger charge is -2.36. The number of tetrazole rings is 1. The standard InChI is InChI=1S/C42H37FN6O2/c1-3-17-37-44-36(4-2)39(41(50)51)48(37)38(29-18-16-25-33(43)28-29)34-26-14-15-27-35(34)40-45-46-47-49(40)42(30-19-8-5-9-20-30,31-21-10-6-11-22-31)32-23-12-7-13-24-32/h5-16,18-28,38H,3-4,17H2,1-2H3,(H,50,51). The minimum absolute atomic E-state index is 0.0804. The van der Waals surface area contributed by atoms with Crippen LogP contribution >= 0.6 is 0 Å². The number of rotatable bonds is 12. The molecule has 0 spiro atoms. The van der Waals surface area contributed by atoms with Gasteiger partial charge in [-0.3, -0.25) is 0 Å². The number of carbonyl (C=O) groups is 1. The Hall–Kier alpha value is -6.22. The molecule has 0 saturated heterocycles. The van der Waals surface area contributed by atoms with Gasteiger partial charge < -0.3 is 9.67 Å². The number of imidazole rings is 1. The molecule has 1 N–H and O–H groups in total. The summed E-state index contributed by atoms with van der Waals surface area (Å²) < 4.78 is 18.7. The smallest absolute Gasteiger partial charge is 0.354 e. The van der Waals surface area contributed by atoms with Crippen LogP contribution in [0.4, 0.5) is 4.39 Å². The first kappa shape index (κ1) is 33.3. The first-order chi connectivity index (χ1) is 25.0. The minimum Gasteiger partial charge on any atom is -0.477 e. The third-order valence-electron chi connectivity index (χ3n) is 9.35. The molecule has 0 radical (unpaired) electrons. The van der Waals surface area contributed by atoms with Crippen molar-refractivity contribution >= 4 is 5.97 Å². The van der Waals surface area contributed by atoms with Crippen molar-refractivity contribution in [3.63, 3.8) is 0 Å². The monoisotopic (exact) mass is 676 g/mol. The molecule has 9 heteroatoms. The van der Waals surface area contributed by atoms with Gasteiger partial charge in [0.05, 0.1) is 11.7 Å². The fraction of sp³-hybridized carbons (Fsp3) is 0.167. The van der Waals surface area contributed by atoms with E-state index >= 15 is 4.39 Å². The van der Waals surface area contributed by atoms with E-state index in [0.717, 1.165) is 23.1 Å². The molecule has 0 aliphatic carbocycles. The molecule has 0 aliphatic heterocycles. The number of aromatic nitrogens is 6. The summed E-state index contributed by atoms with van der Waals surface area (Å²) in [5.74, 6) is -0.460. The van der Waals surface area contributed by atoms with Gasteiger partial charge in [-0.05, 0) is 63.2 Å². The number of carboxylic acids is 1. The van der Waals surface area contributed by atoms with Crippen molar-refractivity contribution in [2.45, 2.75) is 44.7 Å². The van der Waals surface area contributed by atoms with Crippen molar-refractivity contribution in [1.82, 2.24) is 29.8 Å². The van der Waals surface area contributed by atoms with Crippen LogP contribution in [0.1, 0.15) is 76.1 Å². The minimum atomic E-state index is -1.10. The van der Waals surface area contributed by atoms with E-state index in [2.05, 4.69) is 41.6 Å². The van der Waals surface area contributed by atoms with E-state index < -0.39 is 23.4 Å².